The van der Waals surface area contributed by atoms with E-state index < -0.39 is 0 Å². The van der Waals surface area contributed by atoms with Gasteiger partial charge in [0, 0.05) is 24.5 Å². The van der Waals surface area contributed by atoms with Gasteiger partial charge < -0.3 is 9.64 Å². The van der Waals surface area contributed by atoms with Crippen molar-refractivity contribution in [3.63, 3.8) is 0 Å². The van der Waals surface area contributed by atoms with Crippen LogP contribution >= 0.6 is 0 Å². The number of carbonyl (C=O) groups is 1. The fourth-order valence-electron chi connectivity index (χ4n) is 2.47. The zero-order valence-corrected chi connectivity index (χ0v) is 11.6. The van der Waals surface area contributed by atoms with Crippen LogP contribution in [0.5, 0.6) is 0 Å². The summed E-state index contributed by atoms with van der Waals surface area (Å²) in [7, 11) is 0. The van der Waals surface area contributed by atoms with Crippen molar-refractivity contribution in [1.29, 1.82) is 0 Å². The molecule has 0 radical (unpaired) electrons. The van der Waals surface area contributed by atoms with Gasteiger partial charge in [-0.15, -0.1) is 0 Å². The van der Waals surface area contributed by atoms with Gasteiger partial charge in [0.15, 0.2) is 0 Å². The third-order valence-electron chi connectivity index (χ3n) is 3.52. The Bertz CT molecular complexity index is 468. The minimum atomic E-state index is -0.279. The number of hydrogen-bond acceptors (Lipinski definition) is 3. The molecule has 0 unspecified atom stereocenters. The topological polar surface area (TPSA) is 29.5 Å². The van der Waals surface area contributed by atoms with E-state index in [1.807, 2.05) is 19.2 Å². The van der Waals surface area contributed by atoms with Gasteiger partial charge in [0.25, 0.3) is 0 Å². The minimum Gasteiger partial charge on any atom is -0.463 e. The Hall–Kier alpha value is -1.77. The second kappa shape index (κ2) is 6.41. The van der Waals surface area contributed by atoms with Crippen molar-refractivity contribution in [3.05, 3.63) is 42.1 Å². The number of benzene rings is 1. The van der Waals surface area contributed by atoms with E-state index in [1.54, 1.807) is 0 Å². The molecule has 1 heterocycles. The van der Waals surface area contributed by atoms with Crippen LogP contribution in [-0.2, 0) is 16.0 Å². The summed E-state index contributed by atoms with van der Waals surface area (Å²) >= 11 is 0. The van der Waals surface area contributed by atoms with Crippen LogP contribution in [0, 0.1) is 5.92 Å². The molecule has 0 aliphatic carbocycles. The molecule has 0 saturated heterocycles. The minimum absolute atomic E-state index is 0.279. The highest BCUT2D eigenvalue weighted by molar-refractivity contribution is 5.82. The molecule has 0 fully saturated rings. The third kappa shape index (κ3) is 3.37. The van der Waals surface area contributed by atoms with Crippen molar-refractivity contribution >= 4 is 11.7 Å². The number of ether oxygens (including phenoxy) is 1. The molecule has 102 valence electrons. The van der Waals surface area contributed by atoms with Crippen molar-refractivity contribution in [1.82, 2.24) is 0 Å². The Morgan fingerprint density at radius 1 is 1.42 bits per heavy atom. The van der Waals surface area contributed by atoms with Gasteiger partial charge in [-0.2, -0.15) is 0 Å². The zero-order valence-electron chi connectivity index (χ0n) is 11.6. The summed E-state index contributed by atoms with van der Waals surface area (Å²) in [5.41, 5.74) is 2.56. The molecule has 1 aliphatic heterocycles. The molecule has 3 heteroatoms. The molecule has 0 bridgehead atoms. The van der Waals surface area contributed by atoms with Crippen LogP contribution in [0.3, 0.4) is 0 Å². The summed E-state index contributed by atoms with van der Waals surface area (Å²) in [6.07, 6.45) is 5.63. The second-order valence-corrected chi connectivity index (χ2v) is 4.83. The van der Waals surface area contributed by atoms with Crippen LogP contribution in [-0.4, -0.2) is 19.1 Å². The van der Waals surface area contributed by atoms with Crippen LogP contribution in [0.1, 0.15) is 25.8 Å². The lowest BCUT2D eigenvalue weighted by molar-refractivity contribution is -0.137. The molecular weight excluding hydrogens is 238 g/mol. The third-order valence-corrected chi connectivity index (χ3v) is 3.52. The van der Waals surface area contributed by atoms with Crippen LogP contribution in [0.2, 0.25) is 0 Å². The van der Waals surface area contributed by atoms with E-state index in [-0.39, 0.29) is 5.97 Å². The van der Waals surface area contributed by atoms with Crippen LogP contribution in [0.4, 0.5) is 5.69 Å². The van der Waals surface area contributed by atoms with Gasteiger partial charge in [-0.25, -0.2) is 4.79 Å². The summed E-state index contributed by atoms with van der Waals surface area (Å²) < 4.78 is 4.92. The lowest BCUT2D eigenvalue weighted by Crippen LogP contribution is -2.31. The maximum Gasteiger partial charge on any atom is 0.332 e. The maximum atomic E-state index is 11.4. The molecular formula is C16H21NO2. The van der Waals surface area contributed by atoms with E-state index >= 15 is 0 Å². The molecule has 2 rings (SSSR count). The molecule has 19 heavy (non-hydrogen) atoms. The smallest absolute Gasteiger partial charge is 0.332 e. The van der Waals surface area contributed by atoms with E-state index in [0.29, 0.717) is 12.5 Å². The SMILES string of the molecule is CCOC(=O)C=CN1C[C@@H](CC)Cc2ccccc21. The predicted molar refractivity (Wildman–Crippen MR) is 77.0 cm³/mol. The number of esters is 1. The van der Waals surface area contributed by atoms with E-state index in [4.69, 9.17) is 4.74 Å². The largest absolute Gasteiger partial charge is 0.463 e. The highest BCUT2D eigenvalue weighted by atomic mass is 16.5. The van der Waals surface area contributed by atoms with Gasteiger partial charge in [0.2, 0.25) is 0 Å². The molecule has 1 atom stereocenters. The van der Waals surface area contributed by atoms with Crippen molar-refractivity contribution in [2.24, 2.45) is 5.92 Å². The summed E-state index contributed by atoms with van der Waals surface area (Å²) in [6, 6.07) is 8.39. The quantitative estimate of drug-likeness (QED) is 0.614. The molecule has 1 aromatic rings. The number of hydrogen-bond donors (Lipinski definition) is 0. The van der Waals surface area contributed by atoms with Crippen LogP contribution < -0.4 is 4.90 Å². The number of carbonyl (C=O) groups excluding carboxylic acids is 1. The molecule has 0 N–H and O–H groups in total. The van der Waals surface area contributed by atoms with Crippen molar-refractivity contribution in [3.8, 4) is 0 Å². The molecule has 0 saturated carbocycles. The van der Waals surface area contributed by atoms with E-state index in [9.17, 15) is 4.79 Å². The Morgan fingerprint density at radius 3 is 2.95 bits per heavy atom. The molecule has 0 spiro atoms. The fraction of sp³-hybridized carbons (Fsp3) is 0.438. The first-order valence-electron chi connectivity index (χ1n) is 6.94. The Morgan fingerprint density at radius 2 is 2.21 bits per heavy atom. The number of rotatable bonds is 4. The van der Waals surface area contributed by atoms with Crippen molar-refractivity contribution in [2.45, 2.75) is 26.7 Å². The highest BCUT2D eigenvalue weighted by Crippen LogP contribution is 2.30. The average molecular weight is 259 g/mol. The van der Waals surface area contributed by atoms with Gasteiger partial charge in [-0.05, 0) is 30.9 Å². The number of fused-ring (bicyclic) bond motifs is 1. The second-order valence-electron chi connectivity index (χ2n) is 4.83. The summed E-state index contributed by atoms with van der Waals surface area (Å²) in [4.78, 5) is 13.6. The summed E-state index contributed by atoms with van der Waals surface area (Å²) in [5, 5.41) is 0. The zero-order chi connectivity index (χ0) is 13.7. The molecule has 3 nitrogen and oxygen atoms in total. The Balaban J connectivity index is 2.17. The maximum absolute atomic E-state index is 11.4. The van der Waals surface area contributed by atoms with Crippen LogP contribution in [0.25, 0.3) is 0 Å². The van der Waals surface area contributed by atoms with Crippen molar-refractivity contribution < 1.29 is 9.53 Å². The van der Waals surface area contributed by atoms with Gasteiger partial charge in [0.05, 0.1) is 6.61 Å². The number of anilines is 1. The van der Waals surface area contributed by atoms with Gasteiger partial charge >= 0.3 is 5.97 Å². The summed E-state index contributed by atoms with van der Waals surface area (Å²) in [6.45, 7) is 5.40. The predicted octanol–water partition coefficient (Wildman–Crippen LogP) is 3.15. The first kappa shape index (κ1) is 13.7. The van der Waals surface area contributed by atoms with Gasteiger partial charge in [0.1, 0.15) is 0 Å². The standard InChI is InChI=1S/C16H21NO2/c1-3-13-11-14-7-5-6-8-15(14)17(12-13)10-9-16(18)19-4-2/h5-10,13H,3-4,11-12H2,1-2H3/t13-/m0/s1. The Kier molecular flexibility index (Phi) is 4.61. The van der Waals surface area contributed by atoms with E-state index in [2.05, 4.69) is 30.0 Å². The first-order chi connectivity index (χ1) is 9.24. The van der Waals surface area contributed by atoms with E-state index in [0.717, 1.165) is 19.4 Å². The molecule has 0 amide bonds. The van der Waals surface area contributed by atoms with Crippen molar-refractivity contribution in [2.75, 3.05) is 18.1 Å². The normalized spacial score (nSPS) is 18.4. The van der Waals surface area contributed by atoms with E-state index in [1.165, 1.54) is 17.3 Å². The summed E-state index contributed by atoms with van der Waals surface area (Å²) in [5.74, 6) is 0.361. The monoisotopic (exact) mass is 259 g/mol. The average Bonchev–Trinajstić information content (AvgIpc) is 2.44. The lowest BCUT2D eigenvalue weighted by Gasteiger charge is -2.33. The Labute approximate surface area is 114 Å². The molecule has 1 aliphatic rings. The van der Waals surface area contributed by atoms with Gasteiger partial charge in [-0.1, -0.05) is 31.5 Å². The fourth-order valence-corrected chi connectivity index (χ4v) is 2.47. The number of nitrogens with zero attached hydrogens (tertiary/aromatic N) is 1. The van der Waals surface area contributed by atoms with Crippen LogP contribution in [0.15, 0.2) is 36.5 Å². The molecule has 1 aromatic carbocycles. The highest BCUT2D eigenvalue weighted by Gasteiger charge is 2.21. The molecule has 0 aromatic heterocycles. The first-order valence-corrected chi connectivity index (χ1v) is 6.94. The lowest BCUT2D eigenvalue weighted by atomic mass is 9.91. The van der Waals surface area contributed by atoms with Gasteiger partial charge in [-0.3, -0.25) is 0 Å². The number of para-hydroxylation sites is 1.